The minimum Gasteiger partial charge on any atom is -0.507 e. The van der Waals surface area contributed by atoms with E-state index < -0.39 is 23.5 Å². The normalized spacial score (nSPS) is 17.3. The van der Waals surface area contributed by atoms with Crippen LogP contribution >= 0.6 is 23.2 Å². The zero-order chi connectivity index (χ0) is 23.7. The Kier molecular flexibility index (Phi) is 6.26. The van der Waals surface area contributed by atoms with Crippen LogP contribution in [0.25, 0.3) is 5.76 Å². The molecule has 33 heavy (non-hydrogen) atoms. The van der Waals surface area contributed by atoms with Gasteiger partial charge in [0.15, 0.2) is 11.5 Å². The van der Waals surface area contributed by atoms with E-state index in [-0.39, 0.29) is 32.7 Å². The van der Waals surface area contributed by atoms with Crippen LogP contribution in [0.1, 0.15) is 17.2 Å². The zero-order valence-corrected chi connectivity index (χ0v) is 19.1. The van der Waals surface area contributed by atoms with Crippen molar-refractivity contribution >= 4 is 46.3 Å². The first-order valence-electron chi connectivity index (χ1n) is 9.77. The number of carbonyl (C=O) groups excluding carboxylic acids is 2. The van der Waals surface area contributed by atoms with Crippen molar-refractivity contribution in [2.45, 2.75) is 6.04 Å². The van der Waals surface area contributed by atoms with E-state index in [1.54, 1.807) is 48.7 Å². The van der Waals surface area contributed by atoms with Gasteiger partial charge < -0.3 is 14.6 Å². The number of hydrogen-bond donors (Lipinski definition) is 1. The van der Waals surface area contributed by atoms with Crippen molar-refractivity contribution in [3.8, 4) is 11.5 Å². The minimum atomic E-state index is -0.939. The molecule has 3 aromatic rings. The number of amides is 1. The number of methoxy groups -OCH3 is 2. The first-order chi connectivity index (χ1) is 15.9. The van der Waals surface area contributed by atoms with Crippen molar-refractivity contribution in [1.82, 2.24) is 4.98 Å². The molecule has 1 aromatic heterocycles. The van der Waals surface area contributed by atoms with Gasteiger partial charge in [-0.05, 0) is 29.8 Å². The molecule has 7 nitrogen and oxygen atoms in total. The number of benzene rings is 2. The van der Waals surface area contributed by atoms with Gasteiger partial charge in [-0.2, -0.15) is 0 Å². The van der Waals surface area contributed by atoms with Gasteiger partial charge in [0.2, 0.25) is 0 Å². The van der Waals surface area contributed by atoms with Gasteiger partial charge in [0, 0.05) is 18.1 Å². The molecular formula is C24H18Cl2N2O5. The van der Waals surface area contributed by atoms with E-state index in [2.05, 4.69) is 4.98 Å². The van der Waals surface area contributed by atoms with Gasteiger partial charge in [0.25, 0.3) is 11.7 Å². The highest BCUT2D eigenvalue weighted by Gasteiger charge is 2.47. The molecule has 168 valence electrons. The number of rotatable bonds is 5. The van der Waals surface area contributed by atoms with Crippen LogP contribution in [0.15, 0.2) is 66.5 Å². The molecule has 2 heterocycles. The van der Waals surface area contributed by atoms with Crippen LogP contribution < -0.4 is 14.4 Å². The summed E-state index contributed by atoms with van der Waals surface area (Å²) in [5.41, 5.74) is 0.928. The number of aromatic nitrogens is 1. The van der Waals surface area contributed by atoms with Gasteiger partial charge in [-0.3, -0.25) is 19.5 Å². The number of Topliss-reactive ketones (excluding diaryl/α,β-unsaturated/α-hetero) is 1. The number of aliphatic hydroxyl groups is 1. The highest BCUT2D eigenvalue weighted by Crippen LogP contribution is 2.47. The lowest BCUT2D eigenvalue weighted by Gasteiger charge is -2.25. The van der Waals surface area contributed by atoms with Gasteiger partial charge in [-0.25, -0.2) is 0 Å². The molecule has 0 bridgehead atoms. The second kappa shape index (κ2) is 9.13. The third-order valence-electron chi connectivity index (χ3n) is 5.27. The molecule has 9 heteroatoms. The van der Waals surface area contributed by atoms with Crippen molar-refractivity contribution in [1.29, 1.82) is 0 Å². The summed E-state index contributed by atoms with van der Waals surface area (Å²) in [5.74, 6) is -1.94. The Morgan fingerprint density at radius 3 is 2.33 bits per heavy atom. The third-order valence-corrected chi connectivity index (χ3v) is 5.90. The molecule has 0 aliphatic carbocycles. The summed E-state index contributed by atoms with van der Waals surface area (Å²) in [7, 11) is 2.74. The smallest absolute Gasteiger partial charge is 0.300 e. The summed E-state index contributed by atoms with van der Waals surface area (Å²) in [4.78, 5) is 31.8. The molecule has 1 atom stereocenters. The number of carbonyl (C=O) groups is 2. The van der Waals surface area contributed by atoms with E-state index in [4.69, 9.17) is 32.7 Å². The second-order valence-corrected chi connectivity index (χ2v) is 7.86. The lowest BCUT2D eigenvalue weighted by molar-refractivity contribution is -0.132. The Hall–Kier alpha value is -3.55. The number of para-hydroxylation sites is 1. The maximum atomic E-state index is 13.2. The summed E-state index contributed by atoms with van der Waals surface area (Å²) in [6.07, 6.45) is 3.11. The number of ether oxygens (including phenoxy) is 2. The number of ketones is 1. The number of aliphatic hydroxyl groups excluding tert-OH is 1. The van der Waals surface area contributed by atoms with E-state index >= 15 is 0 Å². The molecule has 0 radical (unpaired) electrons. The van der Waals surface area contributed by atoms with Gasteiger partial charge in [-0.15, -0.1) is 0 Å². The third kappa shape index (κ3) is 3.79. The average molecular weight is 485 g/mol. The molecule has 2 aromatic carbocycles. The van der Waals surface area contributed by atoms with Crippen molar-refractivity contribution < 1.29 is 24.2 Å². The van der Waals surface area contributed by atoms with Gasteiger partial charge in [0.1, 0.15) is 10.8 Å². The molecule has 0 saturated carbocycles. The fourth-order valence-electron chi connectivity index (χ4n) is 3.83. The Morgan fingerprint density at radius 1 is 1.03 bits per heavy atom. The van der Waals surface area contributed by atoms with Crippen LogP contribution in [0.4, 0.5) is 5.69 Å². The zero-order valence-electron chi connectivity index (χ0n) is 17.6. The van der Waals surface area contributed by atoms with Gasteiger partial charge in [-0.1, -0.05) is 47.5 Å². The monoisotopic (exact) mass is 484 g/mol. The number of nitrogens with zero attached hydrogens (tertiary/aromatic N) is 2. The summed E-state index contributed by atoms with van der Waals surface area (Å²) in [5, 5.41) is 11.5. The molecule has 1 amide bonds. The summed E-state index contributed by atoms with van der Waals surface area (Å²) < 4.78 is 10.6. The number of halogens is 2. The van der Waals surface area contributed by atoms with Crippen molar-refractivity contribution in [2.24, 2.45) is 0 Å². The van der Waals surface area contributed by atoms with E-state index in [1.807, 2.05) is 0 Å². The van der Waals surface area contributed by atoms with Crippen LogP contribution in [0.3, 0.4) is 0 Å². The van der Waals surface area contributed by atoms with E-state index in [9.17, 15) is 14.7 Å². The van der Waals surface area contributed by atoms with Crippen LogP contribution in [0.2, 0.25) is 10.0 Å². The molecule has 4 rings (SSSR count). The lowest BCUT2D eigenvalue weighted by atomic mass is 9.95. The maximum absolute atomic E-state index is 13.2. The van der Waals surface area contributed by atoms with E-state index in [1.165, 1.54) is 31.4 Å². The lowest BCUT2D eigenvalue weighted by Crippen LogP contribution is -2.29. The quantitative estimate of drug-likeness (QED) is 0.310. The predicted octanol–water partition coefficient (Wildman–Crippen LogP) is 5.03. The van der Waals surface area contributed by atoms with Crippen molar-refractivity contribution in [2.75, 3.05) is 19.1 Å². The SMILES string of the molecule is COc1c(Cl)cc(/C(O)=C2\C(=O)C(=O)N(c3ccccc3)C2c2cccnc2)c(OC)c1Cl. The van der Waals surface area contributed by atoms with Crippen molar-refractivity contribution in [3.63, 3.8) is 0 Å². The highest BCUT2D eigenvalue weighted by molar-refractivity contribution is 6.52. The average Bonchev–Trinajstić information content (AvgIpc) is 3.10. The molecular weight excluding hydrogens is 467 g/mol. The number of hydrogen-bond acceptors (Lipinski definition) is 6. The fraction of sp³-hybridized carbons (Fsp3) is 0.125. The second-order valence-electron chi connectivity index (χ2n) is 7.08. The first kappa shape index (κ1) is 22.6. The van der Waals surface area contributed by atoms with Gasteiger partial charge >= 0.3 is 0 Å². The summed E-state index contributed by atoms with van der Waals surface area (Å²) in [6, 6.07) is 12.5. The highest BCUT2D eigenvalue weighted by atomic mass is 35.5. The van der Waals surface area contributed by atoms with E-state index in [0.717, 1.165) is 0 Å². The Bertz CT molecular complexity index is 1260. The van der Waals surface area contributed by atoms with Crippen molar-refractivity contribution in [3.05, 3.63) is 87.7 Å². The van der Waals surface area contributed by atoms with Crippen LogP contribution in [-0.2, 0) is 9.59 Å². The molecule has 1 unspecified atom stereocenters. The number of pyridine rings is 1. The first-order valence-corrected chi connectivity index (χ1v) is 10.5. The molecule has 1 fully saturated rings. The van der Waals surface area contributed by atoms with Crippen LogP contribution in [0, 0.1) is 0 Å². The molecule has 1 aliphatic heterocycles. The minimum absolute atomic E-state index is 0.0178. The van der Waals surface area contributed by atoms with Crippen LogP contribution in [0.5, 0.6) is 11.5 Å². The molecule has 1 saturated heterocycles. The molecule has 1 aliphatic rings. The van der Waals surface area contributed by atoms with Gasteiger partial charge in [0.05, 0.1) is 36.4 Å². The van der Waals surface area contributed by atoms with Crippen LogP contribution in [-0.4, -0.2) is 36.0 Å². The standard InChI is InChI=1S/C24H18Cl2N2O5/c1-32-22-15(11-16(25)23(33-2)18(22)26)20(29)17-19(13-7-6-10-27-12-13)28(24(31)21(17)30)14-8-4-3-5-9-14/h3-12,19,29H,1-2H3/b20-17+. The predicted molar refractivity (Wildman–Crippen MR) is 125 cm³/mol. The Balaban J connectivity index is 2.01. The fourth-order valence-corrected chi connectivity index (χ4v) is 4.52. The molecule has 1 N–H and O–H groups in total. The summed E-state index contributed by atoms with van der Waals surface area (Å²) in [6.45, 7) is 0. The maximum Gasteiger partial charge on any atom is 0.300 e. The summed E-state index contributed by atoms with van der Waals surface area (Å²) >= 11 is 12.7. The molecule has 0 spiro atoms. The Morgan fingerprint density at radius 2 is 1.73 bits per heavy atom. The largest absolute Gasteiger partial charge is 0.507 e. The topological polar surface area (TPSA) is 89.0 Å². The Labute approximate surface area is 199 Å². The van der Waals surface area contributed by atoms with E-state index in [0.29, 0.717) is 11.3 Å². The number of anilines is 1.